The molecular formula is C19H29ClN2O2. The van der Waals surface area contributed by atoms with Gasteiger partial charge in [0.05, 0.1) is 17.3 Å². The van der Waals surface area contributed by atoms with Crippen molar-refractivity contribution >= 4 is 23.6 Å². The van der Waals surface area contributed by atoms with Gasteiger partial charge in [0, 0.05) is 24.1 Å². The molecule has 0 amide bonds. The van der Waals surface area contributed by atoms with Crippen LogP contribution < -0.4 is 10.5 Å². The van der Waals surface area contributed by atoms with Crippen molar-refractivity contribution < 1.29 is 9.53 Å². The number of halogens is 1. The van der Waals surface area contributed by atoms with Gasteiger partial charge in [0.25, 0.3) is 0 Å². The predicted octanol–water partition coefficient (Wildman–Crippen LogP) is 4.61. The molecule has 1 aliphatic heterocycles. The number of carbonyl (C=O) groups is 1. The van der Waals surface area contributed by atoms with Crippen LogP contribution in [0.5, 0.6) is 5.75 Å². The lowest BCUT2D eigenvalue weighted by Gasteiger charge is -2.36. The van der Waals surface area contributed by atoms with E-state index in [2.05, 4.69) is 11.8 Å². The first-order valence-electron chi connectivity index (χ1n) is 9.06. The van der Waals surface area contributed by atoms with Gasteiger partial charge in [-0.1, -0.05) is 24.9 Å². The molecule has 1 fully saturated rings. The Morgan fingerprint density at radius 2 is 2.08 bits per heavy atom. The van der Waals surface area contributed by atoms with Crippen molar-refractivity contribution in [1.82, 2.24) is 4.90 Å². The van der Waals surface area contributed by atoms with Crippen LogP contribution in [0.15, 0.2) is 12.1 Å². The highest BCUT2D eigenvalue weighted by molar-refractivity contribution is 6.33. The van der Waals surface area contributed by atoms with Crippen LogP contribution in [0.3, 0.4) is 0 Å². The van der Waals surface area contributed by atoms with Gasteiger partial charge in [-0.15, -0.1) is 0 Å². The van der Waals surface area contributed by atoms with E-state index < -0.39 is 0 Å². The number of aldehydes is 1. The third-order valence-corrected chi connectivity index (χ3v) is 4.91. The number of benzene rings is 1. The van der Waals surface area contributed by atoms with E-state index in [1.807, 2.05) is 12.1 Å². The van der Waals surface area contributed by atoms with Crippen LogP contribution in [0.25, 0.3) is 0 Å². The van der Waals surface area contributed by atoms with E-state index in [9.17, 15) is 4.79 Å². The number of carbonyl (C=O) groups excluding carboxylic acids is 1. The summed E-state index contributed by atoms with van der Waals surface area (Å²) >= 11 is 6.31. The SMILES string of the molecule is CCCOc1cc(N)c(Cl)cc1C(CCCC=O)N1CCCCC1. The number of hydrogen-bond acceptors (Lipinski definition) is 4. The maximum Gasteiger partial charge on any atom is 0.126 e. The maximum atomic E-state index is 10.7. The van der Waals surface area contributed by atoms with Crippen molar-refractivity contribution in [3.05, 3.63) is 22.7 Å². The summed E-state index contributed by atoms with van der Waals surface area (Å²) in [6.45, 7) is 4.92. The Bertz CT molecular complexity index is 530. The van der Waals surface area contributed by atoms with E-state index in [0.717, 1.165) is 50.0 Å². The van der Waals surface area contributed by atoms with Gasteiger partial charge in [-0.25, -0.2) is 0 Å². The fraction of sp³-hybridized carbons (Fsp3) is 0.632. The third-order valence-electron chi connectivity index (χ3n) is 4.58. The first-order valence-corrected chi connectivity index (χ1v) is 9.44. The minimum atomic E-state index is 0.232. The molecule has 0 aromatic heterocycles. The molecule has 134 valence electrons. The summed E-state index contributed by atoms with van der Waals surface area (Å²) in [6.07, 6.45) is 8.08. The van der Waals surface area contributed by atoms with E-state index in [0.29, 0.717) is 23.7 Å². The fourth-order valence-corrected chi connectivity index (χ4v) is 3.51. The summed E-state index contributed by atoms with van der Waals surface area (Å²) in [5.41, 5.74) is 7.65. The molecule has 24 heavy (non-hydrogen) atoms. The lowest BCUT2D eigenvalue weighted by molar-refractivity contribution is -0.108. The van der Waals surface area contributed by atoms with Crippen LogP contribution in [-0.4, -0.2) is 30.9 Å². The van der Waals surface area contributed by atoms with E-state index in [1.165, 1.54) is 19.3 Å². The highest BCUT2D eigenvalue weighted by Gasteiger charge is 2.25. The van der Waals surface area contributed by atoms with E-state index in [1.54, 1.807) is 0 Å². The largest absolute Gasteiger partial charge is 0.493 e. The molecule has 1 atom stereocenters. The van der Waals surface area contributed by atoms with Crippen molar-refractivity contribution in [3.8, 4) is 5.75 Å². The number of rotatable bonds is 9. The smallest absolute Gasteiger partial charge is 0.126 e. The molecule has 1 saturated heterocycles. The summed E-state index contributed by atoms with van der Waals surface area (Å²) in [6, 6.07) is 4.04. The van der Waals surface area contributed by atoms with Gasteiger partial charge < -0.3 is 15.3 Å². The Morgan fingerprint density at radius 3 is 2.75 bits per heavy atom. The van der Waals surface area contributed by atoms with Crippen molar-refractivity contribution in [2.45, 2.75) is 57.9 Å². The molecule has 1 aromatic carbocycles. The number of piperidine rings is 1. The second-order valence-corrected chi connectivity index (χ2v) is 6.88. The summed E-state index contributed by atoms with van der Waals surface area (Å²) in [5.74, 6) is 0.834. The number of likely N-dealkylation sites (tertiary alicyclic amines) is 1. The third kappa shape index (κ3) is 5.12. The first-order chi connectivity index (χ1) is 11.7. The van der Waals surface area contributed by atoms with Crippen LogP contribution in [0.1, 0.15) is 63.5 Å². The zero-order valence-corrected chi connectivity index (χ0v) is 15.4. The van der Waals surface area contributed by atoms with Crippen LogP contribution in [-0.2, 0) is 4.79 Å². The number of nitrogens with two attached hydrogens (primary N) is 1. The van der Waals surface area contributed by atoms with Crippen LogP contribution in [0.4, 0.5) is 5.69 Å². The van der Waals surface area contributed by atoms with Crippen LogP contribution >= 0.6 is 11.6 Å². The Hall–Kier alpha value is -1.26. The highest BCUT2D eigenvalue weighted by Crippen LogP contribution is 2.39. The predicted molar refractivity (Wildman–Crippen MR) is 99.7 cm³/mol. The molecule has 5 heteroatoms. The van der Waals surface area contributed by atoms with Gasteiger partial charge in [0.2, 0.25) is 0 Å². The van der Waals surface area contributed by atoms with Gasteiger partial charge >= 0.3 is 0 Å². The van der Waals surface area contributed by atoms with Gasteiger partial charge in [0.1, 0.15) is 12.0 Å². The van der Waals surface area contributed by atoms with Crippen molar-refractivity contribution in [2.75, 3.05) is 25.4 Å². The molecule has 4 nitrogen and oxygen atoms in total. The van der Waals surface area contributed by atoms with Gasteiger partial charge in [-0.05, 0) is 51.3 Å². The second kappa shape index (κ2) is 9.90. The first kappa shape index (κ1) is 19.1. The molecule has 0 radical (unpaired) electrons. The normalized spacial score (nSPS) is 16.8. The quantitative estimate of drug-likeness (QED) is 0.400. The molecule has 0 saturated carbocycles. The van der Waals surface area contributed by atoms with E-state index in [-0.39, 0.29) is 6.04 Å². The monoisotopic (exact) mass is 352 g/mol. The average Bonchev–Trinajstić information content (AvgIpc) is 2.60. The molecule has 2 rings (SSSR count). The number of unbranched alkanes of at least 4 members (excludes halogenated alkanes) is 1. The molecule has 2 N–H and O–H groups in total. The summed E-state index contributed by atoms with van der Waals surface area (Å²) in [4.78, 5) is 13.2. The summed E-state index contributed by atoms with van der Waals surface area (Å²) < 4.78 is 5.97. The van der Waals surface area contributed by atoms with Crippen molar-refractivity contribution in [3.63, 3.8) is 0 Å². The number of hydrogen-bond donors (Lipinski definition) is 1. The standard InChI is InChI=1S/C19H29ClN2O2/c1-2-12-24-19-14-17(21)16(20)13-15(19)18(8-4-7-11-23)22-9-5-3-6-10-22/h11,13-14,18H,2-10,12,21H2,1H3. The average molecular weight is 353 g/mol. The lowest BCUT2D eigenvalue weighted by Crippen LogP contribution is -2.34. The molecule has 1 aliphatic rings. The molecule has 0 bridgehead atoms. The van der Waals surface area contributed by atoms with E-state index in [4.69, 9.17) is 22.1 Å². The minimum absolute atomic E-state index is 0.232. The Balaban J connectivity index is 2.30. The number of anilines is 1. The second-order valence-electron chi connectivity index (χ2n) is 6.47. The Morgan fingerprint density at radius 1 is 1.33 bits per heavy atom. The topological polar surface area (TPSA) is 55.6 Å². The van der Waals surface area contributed by atoms with Gasteiger partial charge in [-0.2, -0.15) is 0 Å². The van der Waals surface area contributed by atoms with E-state index >= 15 is 0 Å². The lowest BCUT2D eigenvalue weighted by atomic mass is 9.95. The fourth-order valence-electron chi connectivity index (χ4n) is 3.34. The summed E-state index contributed by atoms with van der Waals surface area (Å²) in [7, 11) is 0. The highest BCUT2D eigenvalue weighted by atomic mass is 35.5. The van der Waals surface area contributed by atoms with Crippen molar-refractivity contribution in [2.24, 2.45) is 0 Å². The molecule has 1 unspecified atom stereocenters. The Kier molecular flexibility index (Phi) is 7.86. The summed E-state index contributed by atoms with van der Waals surface area (Å²) in [5, 5.41) is 0.575. The molecule has 0 aliphatic carbocycles. The van der Waals surface area contributed by atoms with Crippen LogP contribution in [0.2, 0.25) is 5.02 Å². The zero-order chi connectivity index (χ0) is 17.4. The zero-order valence-electron chi connectivity index (χ0n) is 14.6. The number of nitrogens with zero attached hydrogens (tertiary/aromatic N) is 1. The van der Waals surface area contributed by atoms with Crippen molar-refractivity contribution in [1.29, 1.82) is 0 Å². The van der Waals surface area contributed by atoms with Crippen LogP contribution in [0, 0.1) is 0 Å². The van der Waals surface area contributed by atoms with Gasteiger partial charge in [0.15, 0.2) is 0 Å². The molecule has 1 aromatic rings. The number of nitrogen functional groups attached to an aromatic ring is 1. The number of ether oxygens (including phenoxy) is 1. The van der Waals surface area contributed by atoms with Gasteiger partial charge in [-0.3, -0.25) is 4.90 Å². The molecule has 1 heterocycles. The molecule has 0 spiro atoms. The molecular weight excluding hydrogens is 324 g/mol. The minimum Gasteiger partial charge on any atom is -0.493 e. The maximum absolute atomic E-state index is 10.7. The Labute approximate surface area is 150 Å².